The molecule has 22 heavy (non-hydrogen) atoms. The zero-order chi connectivity index (χ0) is 14.8. The van der Waals surface area contributed by atoms with E-state index in [1.54, 1.807) is 23.7 Å². The topological polar surface area (TPSA) is 38.2 Å². The summed E-state index contributed by atoms with van der Waals surface area (Å²) >= 11 is 1.75. The molecule has 0 spiro atoms. The van der Waals surface area contributed by atoms with Gasteiger partial charge in [0.1, 0.15) is 11.9 Å². The number of nitrogens with zero attached hydrogens (tertiary/aromatic N) is 3. The molecule has 5 heteroatoms. The van der Waals surface area contributed by atoms with Crippen LogP contribution in [-0.2, 0) is 6.54 Å². The predicted molar refractivity (Wildman–Crippen MR) is 88.2 cm³/mol. The van der Waals surface area contributed by atoms with E-state index < -0.39 is 0 Å². The largest absolute Gasteiger partial charge is 0.489 e. The summed E-state index contributed by atoms with van der Waals surface area (Å²) in [6, 6.07) is 8.15. The minimum absolute atomic E-state index is 0.265. The molecular weight excluding hydrogens is 294 g/mol. The summed E-state index contributed by atoms with van der Waals surface area (Å²) in [6.07, 6.45) is 6.86. The molecule has 0 N–H and O–H groups in total. The molecule has 1 aliphatic rings. The van der Waals surface area contributed by atoms with Crippen LogP contribution in [0.3, 0.4) is 0 Å². The molecular formula is C17H17N3OS. The Morgan fingerprint density at radius 2 is 2.18 bits per heavy atom. The molecule has 4 heterocycles. The van der Waals surface area contributed by atoms with E-state index in [-0.39, 0.29) is 6.10 Å². The van der Waals surface area contributed by atoms with Crippen molar-refractivity contribution in [2.24, 2.45) is 0 Å². The van der Waals surface area contributed by atoms with E-state index in [4.69, 9.17) is 4.74 Å². The second kappa shape index (κ2) is 6.02. The Hall–Kier alpha value is -1.98. The van der Waals surface area contributed by atoms with Crippen LogP contribution < -0.4 is 4.74 Å². The quantitative estimate of drug-likeness (QED) is 0.740. The Bertz CT molecular complexity index is 759. The van der Waals surface area contributed by atoms with Crippen LogP contribution in [0.15, 0.2) is 48.2 Å². The van der Waals surface area contributed by atoms with Crippen molar-refractivity contribution in [3.05, 3.63) is 53.8 Å². The van der Waals surface area contributed by atoms with Gasteiger partial charge in [-0.05, 0) is 41.6 Å². The normalized spacial score (nSPS) is 18.8. The van der Waals surface area contributed by atoms with Gasteiger partial charge in [0.15, 0.2) is 0 Å². The molecule has 0 saturated carbocycles. The molecule has 3 aromatic rings. The highest BCUT2D eigenvalue weighted by Crippen LogP contribution is 2.22. The van der Waals surface area contributed by atoms with Gasteiger partial charge in [0.05, 0.1) is 10.2 Å². The SMILES string of the molecule is c1cc(O[C@@H]2CCN(Cc3cnc4ccsc4c3)C2)ccn1. The highest BCUT2D eigenvalue weighted by molar-refractivity contribution is 7.17. The fourth-order valence-corrected chi connectivity index (χ4v) is 3.68. The third-order valence-corrected chi connectivity index (χ3v) is 4.80. The Morgan fingerprint density at radius 1 is 1.27 bits per heavy atom. The van der Waals surface area contributed by atoms with Crippen molar-refractivity contribution < 1.29 is 4.74 Å². The molecule has 1 atom stereocenters. The number of likely N-dealkylation sites (tertiary alicyclic amines) is 1. The highest BCUT2D eigenvalue weighted by Gasteiger charge is 2.24. The van der Waals surface area contributed by atoms with Gasteiger partial charge in [-0.1, -0.05) is 0 Å². The van der Waals surface area contributed by atoms with Crippen molar-refractivity contribution in [3.8, 4) is 5.75 Å². The monoisotopic (exact) mass is 311 g/mol. The lowest BCUT2D eigenvalue weighted by molar-refractivity contribution is 0.198. The van der Waals surface area contributed by atoms with Gasteiger partial charge >= 0.3 is 0 Å². The van der Waals surface area contributed by atoms with E-state index in [0.29, 0.717) is 0 Å². The average molecular weight is 311 g/mol. The van der Waals surface area contributed by atoms with Crippen LogP contribution in [0.5, 0.6) is 5.75 Å². The van der Waals surface area contributed by atoms with Gasteiger partial charge in [0, 0.05) is 38.2 Å². The molecule has 0 unspecified atom stereocenters. The molecule has 112 valence electrons. The van der Waals surface area contributed by atoms with Gasteiger partial charge in [-0.2, -0.15) is 0 Å². The number of hydrogen-bond acceptors (Lipinski definition) is 5. The maximum Gasteiger partial charge on any atom is 0.122 e. The minimum Gasteiger partial charge on any atom is -0.489 e. The van der Waals surface area contributed by atoms with Gasteiger partial charge in [0.25, 0.3) is 0 Å². The average Bonchev–Trinajstić information content (AvgIpc) is 3.17. The lowest BCUT2D eigenvalue weighted by Gasteiger charge is -2.16. The van der Waals surface area contributed by atoms with E-state index >= 15 is 0 Å². The molecule has 0 radical (unpaired) electrons. The summed E-state index contributed by atoms with van der Waals surface area (Å²) in [7, 11) is 0. The van der Waals surface area contributed by atoms with E-state index in [1.165, 1.54) is 10.3 Å². The van der Waals surface area contributed by atoms with Crippen LogP contribution in [0.25, 0.3) is 10.2 Å². The zero-order valence-electron chi connectivity index (χ0n) is 12.2. The molecule has 0 bridgehead atoms. The predicted octanol–water partition coefficient (Wildman–Crippen LogP) is 3.34. The number of thiophene rings is 1. The number of aromatic nitrogens is 2. The summed E-state index contributed by atoms with van der Waals surface area (Å²) in [5.74, 6) is 0.906. The van der Waals surface area contributed by atoms with Crippen LogP contribution in [0.2, 0.25) is 0 Å². The van der Waals surface area contributed by atoms with Crippen molar-refractivity contribution in [1.29, 1.82) is 0 Å². The third-order valence-electron chi connectivity index (χ3n) is 3.95. The Morgan fingerprint density at radius 3 is 3.09 bits per heavy atom. The molecule has 0 amide bonds. The lowest BCUT2D eigenvalue weighted by atomic mass is 10.2. The number of pyridine rings is 2. The van der Waals surface area contributed by atoms with Crippen molar-refractivity contribution in [3.63, 3.8) is 0 Å². The molecule has 1 aliphatic heterocycles. The van der Waals surface area contributed by atoms with Crippen molar-refractivity contribution in [2.75, 3.05) is 13.1 Å². The van der Waals surface area contributed by atoms with Crippen LogP contribution in [-0.4, -0.2) is 34.1 Å². The second-order valence-electron chi connectivity index (χ2n) is 5.59. The summed E-state index contributed by atoms with van der Waals surface area (Å²) < 4.78 is 7.27. The first-order chi connectivity index (χ1) is 10.9. The van der Waals surface area contributed by atoms with Gasteiger partial charge in [-0.3, -0.25) is 14.9 Å². The summed E-state index contributed by atoms with van der Waals surface area (Å²) in [4.78, 5) is 11.0. The van der Waals surface area contributed by atoms with Crippen molar-refractivity contribution >= 4 is 21.6 Å². The van der Waals surface area contributed by atoms with E-state index in [2.05, 4.69) is 32.4 Å². The fourth-order valence-electron chi connectivity index (χ4n) is 2.88. The minimum atomic E-state index is 0.265. The first-order valence-electron chi connectivity index (χ1n) is 7.48. The fraction of sp³-hybridized carbons (Fsp3) is 0.294. The van der Waals surface area contributed by atoms with Crippen molar-refractivity contribution in [1.82, 2.24) is 14.9 Å². The lowest BCUT2D eigenvalue weighted by Crippen LogP contribution is -2.24. The van der Waals surface area contributed by atoms with Gasteiger partial charge < -0.3 is 4.74 Å². The zero-order valence-corrected chi connectivity index (χ0v) is 13.0. The van der Waals surface area contributed by atoms with Crippen LogP contribution in [0.4, 0.5) is 0 Å². The summed E-state index contributed by atoms with van der Waals surface area (Å²) in [6.45, 7) is 2.97. The molecule has 0 aliphatic carbocycles. The first kappa shape index (κ1) is 13.7. The van der Waals surface area contributed by atoms with Crippen LogP contribution in [0.1, 0.15) is 12.0 Å². The van der Waals surface area contributed by atoms with Gasteiger partial charge in [0.2, 0.25) is 0 Å². The highest BCUT2D eigenvalue weighted by atomic mass is 32.1. The Balaban J connectivity index is 1.38. The number of rotatable bonds is 4. The molecule has 0 aromatic carbocycles. The molecule has 1 fully saturated rings. The molecule has 3 aromatic heterocycles. The summed E-state index contributed by atoms with van der Waals surface area (Å²) in [5.41, 5.74) is 2.37. The Kier molecular flexibility index (Phi) is 3.74. The van der Waals surface area contributed by atoms with E-state index in [0.717, 1.165) is 37.3 Å². The van der Waals surface area contributed by atoms with Gasteiger partial charge in [-0.25, -0.2) is 0 Å². The van der Waals surface area contributed by atoms with E-state index in [9.17, 15) is 0 Å². The summed E-state index contributed by atoms with van der Waals surface area (Å²) in [5, 5.41) is 2.09. The smallest absolute Gasteiger partial charge is 0.122 e. The molecule has 1 saturated heterocycles. The maximum atomic E-state index is 6.01. The number of hydrogen-bond donors (Lipinski definition) is 0. The molecule has 4 nitrogen and oxygen atoms in total. The Labute approximate surface area is 133 Å². The van der Waals surface area contributed by atoms with E-state index in [1.807, 2.05) is 18.3 Å². The number of ether oxygens (including phenoxy) is 1. The second-order valence-corrected chi connectivity index (χ2v) is 6.54. The third kappa shape index (κ3) is 2.96. The maximum absolute atomic E-state index is 6.01. The van der Waals surface area contributed by atoms with Gasteiger partial charge in [-0.15, -0.1) is 11.3 Å². The number of fused-ring (bicyclic) bond motifs is 1. The molecule has 4 rings (SSSR count). The van der Waals surface area contributed by atoms with Crippen LogP contribution >= 0.6 is 11.3 Å². The standard InChI is InChI=1S/C17H17N3OS/c1-5-18-6-2-14(1)21-15-3-7-20(12-15)11-13-9-17-16(19-10-13)4-8-22-17/h1-2,4-6,8-10,15H,3,7,11-12H2/t15-/m1/s1. The first-order valence-corrected chi connectivity index (χ1v) is 8.36. The van der Waals surface area contributed by atoms with Crippen molar-refractivity contribution in [2.45, 2.75) is 19.1 Å². The van der Waals surface area contributed by atoms with Crippen LogP contribution in [0, 0.1) is 0 Å².